The highest BCUT2D eigenvalue weighted by Gasteiger charge is 2.63. The molecule has 4 atom stereocenters. The fraction of sp³-hybridized carbons (Fsp3) is 0.652. The van der Waals surface area contributed by atoms with Crippen molar-refractivity contribution in [1.82, 2.24) is 10.2 Å². The molecule has 3 heterocycles. The second-order valence-corrected chi connectivity index (χ2v) is 9.28. The average Bonchev–Trinajstić information content (AvgIpc) is 3.28. The lowest BCUT2D eigenvalue weighted by molar-refractivity contribution is -0.131. The summed E-state index contributed by atoms with van der Waals surface area (Å²) < 4.78 is 6.44. The molecule has 5 nitrogen and oxygen atoms in total. The van der Waals surface area contributed by atoms with Crippen molar-refractivity contribution in [3.05, 3.63) is 35.4 Å². The summed E-state index contributed by atoms with van der Waals surface area (Å²) in [5.74, 6) is 1.34. The van der Waals surface area contributed by atoms with Crippen molar-refractivity contribution >= 4 is 11.8 Å². The number of carbonyl (C=O) groups excluding carboxylic acids is 2. The summed E-state index contributed by atoms with van der Waals surface area (Å²) in [7, 11) is 0. The fourth-order valence-corrected chi connectivity index (χ4v) is 5.77. The Labute approximate surface area is 166 Å². The molecule has 150 valence electrons. The molecule has 0 aromatic heterocycles. The largest absolute Gasteiger partial charge is 0.369 e. The smallest absolute Gasteiger partial charge is 0.227 e. The summed E-state index contributed by atoms with van der Waals surface area (Å²) in [6.07, 6.45) is 6.05. The Morgan fingerprint density at radius 1 is 1.25 bits per heavy atom. The molecule has 2 bridgehead atoms. The fourth-order valence-electron chi connectivity index (χ4n) is 5.77. The van der Waals surface area contributed by atoms with Crippen LogP contribution in [0.3, 0.4) is 0 Å². The highest BCUT2D eigenvalue weighted by molar-refractivity contribution is 5.80. The Kier molecular flexibility index (Phi) is 4.46. The van der Waals surface area contributed by atoms with Crippen LogP contribution in [0.25, 0.3) is 0 Å². The molecule has 0 radical (unpaired) electrons. The topological polar surface area (TPSA) is 58.6 Å². The van der Waals surface area contributed by atoms with Crippen LogP contribution in [0.1, 0.15) is 43.2 Å². The van der Waals surface area contributed by atoms with Gasteiger partial charge in [0.1, 0.15) is 0 Å². The quantitative estimate of drug-likeness (QED) is 0.851. The Balaban J connectivity index is 1.24. The normalized spacial score (nSPS) is 33.6. The summed E-state index contributed by atoms with van der Waals surface area (Å²) in [5, 5.41) is 3.19. The summed E-state index contributed by atoms with van der Waals surface area (Å²) in [4.78, 5) is 27.3. The third-order valence-corrected chi connectivity index (χ3v) is 7.73. The van der Waals surface area contributed by atoms with Gasteiger partial charge in [-0.05, 0) is 43.7 Å². The van der Waals surface area contributed by atoms with E-state index in [2.05, 4.69) is 18.3 Å². The van der Waals surface area contributed by atoms with Gasteiger partial charge in [0.05, 0.1) is 24.7 Å². The van der Waals surface area contributed by atoms with Gasteiger partial charge in [0.15, 0.2) is 0 Å². The van der Waals surface area contributed by atoms with Crippen molar-refractivity contribution in [3.63, 3.8) is 0 Å². The number of amides is 2. The van der Waals surface area contributed by atoms with Crippen LogP contribution in [0.4, 0.5) is 0 Å². The number of hydrogen-bond acceptors (Lipinski definition) is 3. The lowest BCUT2D eigenvalue weighted by Gasteiger charge is -2.30. The van der Waals surface area contributed by atoms with Gasteiger partial charge in [0.25, 0.3) is 0 Å². The second-order valence-electron chi connectivity index (χ2n) is 9.28. The van der Waals surface area contributed by atoms with Crippen LogP contribution in [-0.2, 0) is 20.7 Å². The first-order chi connectivity index (χ1) is 13.6. The number of carbonyl (C=O) groups is 2. The molecule has 3 saturated heterocycles. The Bertz CT molecular complexity index is 790. The number of likely N-dealkylation sites (tertiary alicyclic amines) is 1. The number of fused-ring (bicyclic) bond motifs is 1. The molecular formula is C23H30N2O3. The lowest BCUT2D eigenvalue weighted by atomic mass is 9.73. The molecule has 2 amide bonds. The molecular weight excluding hydrogens is 352 g/mol. The SMILES string of the molecule is Cc1ccccc1CC(=O)N1C[C@@H]2[C@H](CNC(=O)C3CCC3)[C@H]3CC[C@]2(C1)O3. The number of benzene rings is 1. The van der Waals surface area contributed by atoms with Gasteiger partial charge >= 0.3 is 0 Å². The van der Waals surface area contributed by atoms with Crippen LogP contribution in [0.2, 0.25) is 0 Å². The molecule has 1 aromatic rings. The van der Waals surface area contributed by atoms with Crippen molar-refractivity contribution in [2.24, 2.45) is 17.8 Å². The molecule has 5 rings (SSSR count). The van der Waals surface area contributed by atoms with E-state index in [0.717, 1.165) is 37.8 Å². The molecule has 1 spiro atoms. The first kappa shape index (κ1) is 18.2. The van der Waals surface area contributed by atoms with Crippen LogP contribution in [0, 0.1) is 24.7 Å². The van der Waals surface area contributed by atoms with E-state index in [1.54, 1.807) is 0 Å². The van der Waals surface area contributed by atoms with E-state index in [4.69, 9.17) is 4.74 Å². The van der Waals surface area contributed by atoms with Crippen molar-refractivity contribution in [3.8, 4) is 0 Å². The van der Waals surface area contributed by atoms with E-state index in [1.165, 1.54) is 12.0 Å². The molecule has 4 fully saturated rings. The van der Waals surface area contributed by atoms with Gasteiger partial charge in [0.2, 0.25) is 11.8 Å². The first-order valence-corrected chi connectivity index (χ1v) is 10.8. The molecule has 1 aromatic carbocycles. The predicted molar refractivity (Wildman–Crippen MR) is 106 cm³/mol. The van der Waals surface area contributed by atoms with Gasteiger partial charge in [-0.2, -0.15) is 0 Å². The van der Waals surface area contributed by atoms with Crippen LogP contribution in [0.15, 0.2) is 24.3 Å². The van der Waals surface area contributed by atoms with Crippen LogP contribution in [0.5, 0.6) is 0 Å². The minimum atomic E-state index is -0.169. The Morgan fingerprint density at radius 3 is 2.82 bits per heavy atom. The van der Waals surface area contributed by atoms with Crippen LogP contribution < -0.4 is 5.32 Å². The van der Waals surface area contributed by atoms with Crippen LogP contribution >= 0.6 is 0 Å². The third kappa shape index (κ3) is 2.95. The maximum absolute atomic E-state index is 13.0. The molecule has 3 aliphatic heterocycles. The molecule has 4 aliphatic rings. The average molecular weight is 383 g/mol. The molecule has 28 heavy (non-hydrogen) atoms. The molecule has 0 unspecified atom stereocenters. The lowest BCUT2D eigenvalue weighted by Crippen LogP contribution is -2.44. The highest BCUT2D eigenvalue weighted by Crippen LogP contribution is 2.54. The number of nitrogens with one attached hydrogen (secondary N) is 1. The summed E-state index contributed by atoms with van der Waals surface area (Å²) in [6, 6.07) is 8.12. The second kappa shape index (κ2) is 6.87. The zero-order valence-corrected chi connectivity index (χ0v) is 16.7. The van der Waals surface area contributed by atoms with Crippen LogP contribution in [-0.4, -0.2) is 48.1 Å². The van der Waals surface area contributed by atoms with E-state index >= 15 is 0 Å². The Hall–Kier alpha value is -1.88. The Morgan fingerprint density at radius 2 is 2.07 bits per heavy atom. The standard InChI is InChI=1S/C23H30N2O3/c1-15-5-2-3-6-17(15)11-21(26)25-13-19-18(12-24-22(27)16-7-4-8-16)20-9-10-23(19,14-25)28-20/h2-3,5-6,16,18-20H,4,7-14H2,1H3,(H,24,27)/t18-,19+,20+,23+/m0/s1. The third-order valence-electron chi connectivity index (χ3n) is 7.73. The zero-order chi connectivity index (χ0) is 19.3. The monoisotopic (exact) mass is 382 g/mol. The summed E-state index contributed by atoms with van der Waals surface area (Å²) >= 11 is 0. The van der Waals surface area contributed by atoms with E-state index in [0.29, 0.717) is 31.3 Å². The maximum Gasteiger partial charge on any atom is 0.227 e. The van der Waals surface area contributed by atoms with E-state index in [9.17, 15) is 9.59 Å². The summed E-state index contributed by atoms with van der Waals surface area (Å²) in [5.41, 5.74) is 2.11. The zero-order valence-electron chi connectivity index (χ0n) is 16.7. The van der Waals surface area contributed by atoms with Crippen molar-refractivity contribution in [2.75, 3.05) is 19.6 Å². The van der Waals surface area contributed by atoms with E-state index in [1.807, 2.05) is 23.1 Å². The van der Waals surface area contributed by atoms with Gasteiger partial charge in [-0.3, -0.25) is 9.59 Å². The highest BCUT2D eigenvalue weighted by atomic mass is 16.5. The van der Waals surface area contributed by atoms with Crippen molar-refractivity contribution in [1.29, 1.82) is 0 Å². The number of aryl methyl sites for hydroxylation is 1. The van der Waals surface area contributed by atoms with Gasteiger partial charge in [-0.25, -0.2) is 0 Å². The maximum atomic E-state index is 13.0. The minimum Gasteiger partial charge on any atom is -0.369 e. The number of rotatable bonds is 5. The molecule has 5 heteroatoms. The number of ether oxygens (including phenoxy) is 1. The molecule has 1 aliphatic carbocycles. The number of nitrogens with zero attached hydrogens (tertiary/aromatic N) is 1. The van der Waals surface area contributed by atoms with Gasteiger partial charge in [0, 0.05) is 30.8 Å². The van der Waals surface area contributed by atoms with Crippen molar-refractivity contribution < 1.29 is 14.3 Å². The summed E-state index contributed by atoms with van der Waals surface area (Å²) in [6.45, 7) is 4.24. The molecule has 1 saturated carbocycles. The minimum absolute atomic E-state index is 0.169. The van der Waals surface area contributed by atoms with Gasteiger partial charge in [-0.15, -0.1) is 0 Å². The van der Waals surface area contributed by atoms with Crippen molar-refractivity contribution in [2.45, 2.75) is 57.2 Å². The van der Waals surface area contributed by atoms with Gasteiger partial charge < -0.3 is 15.0 Å². The van der Waals surface area contributed by atoms with E-state index in [-0.39, 0.29) is 29.4 Å². The van der Waals surface area contributed by atoms with E-state index < -0.39 is 0 Å². The first-order valence-electron chi connectivity index (χ1n) is 10.8. The van der Waals surface area contributed by atoms with Gasteiger partial charge in [-0.1, -0.05) is 30.7 Å². The number of hydrogen-bond donors (Lipinski definition) is 1. The molecule has 1 N–H and O–H groups in total. The predicted octanol–water partition coefficient (Wildman–Crippen LogP) is 2.46.